The van der Waals surface area contributed by atoms with Crippen LogP contribution in [-0.4, -0.2) is 27.1 Å². The van der Waals surface area contributed by atoms with Crippen LogP contribution in [0.4, 0.5) is 0 Å². The van der Waals surface area contributed by atoms with Crippen molar-refractivity contribution in [2.24, 2.45) is 10.9 Å². The molecule has 0 fully saturated rings. The van der Waals surface area contributed by atoms with Gasteiger partial charge in [0.2, 0.25) is 0 Å². The van der Waals surface area contributed by atoms with E-state index in [1.807, 2.05) is 0 Å². The number of carbonyl (C=O) groups is 1. The zero-order chi connectivity index (χ0) is 13.7. The Kier molecular flexibility index (Phi) is 3.77. The Labute approximate surface area is 109 Å². The van der Waals surface area contributed by atoms with Crippen LogP contribution in [0.3, 0.4) is 0 Å². The predicted molar refractivity (Wildman–Crippen MR) is 68.7 cm³/mol. The molecule has 1 aromatic heterocycles. The van der Waals surface area contributed by atoms with E-state index in [1.54, 1.807) is 24.3 Å². The van der Waals surface area contributed by atoms with Gasteiger partial charge in [0, 0.05) is 18.3 Å². The van der Waals surface area contributed by atoms with Crippen LogP contribution < -0.4 is 11.1 Å². The summed E-state index contributed by atoms with van der Waals surface area (Å²) in [6, 6.07) is 7.02. The molecule has 1 amide bonds. The molecule has 7 nitrogen and oxygen atoms in total. The molecule has 0 saturated heterocycles. The summed E-state index contributed by atoms with van der Waals surface area (Å²) in [7, 11) is 0. The van der Waals surface area contributed by atoms with E-state index in [9.17, 15) is 4.79 Å². The van der Waals surface area contributed by atoms with Gasteiger partial charge in [-0.25, -0.2) is 0 Å². The molecular weight excluding hydrogens is 246 g/mol. The lowest BCUT2D eigenvalue weighted by Gasteiger charge is -2.05. The number of hydrogen-bond acceptors (Lipinski definition) is 4. The van der Waals surface area contributed by atoms with E-state index in [0.717, 1.165) is 5.56 Å². The molecule has 0 saturated carbocycles. The summed E-state index contributed by atoms with van der Waals surface area (Å²) >= 11 is 0. The maximum atomic E-state index is 11.7. The molecule has 7 heteroatoms. The number of nitrogens with two attached hydrogens (primary N) is 1. The fraction of sp³-hybridized carbons (Fsp3) is 0.0833. The zero-order valence-electron chi connectivity index (χ0n) is 10.00. The highest BCUT2D eigenvalue weighted by atomic mass is 16.4. The molecule has 0 aliphatic heterocycles. The van der Waals surface area contributed by atoms with Crippen LogP contribution in [0.2, 0.25) is 0 Å². The van der Waals surface area contributed by atoms with Crippen LogP contribution in [0, 0.1) is 0 Å². The molecule has 1 heterocycles. The molecule has 19 heavy (non-hydrogen) atoms. The molecule has 98 valence electrons. The molecule has 2 rings (SSSR count). The minimum absolute atomic E-state index is 0.0500. The molecule has 1 aromatic carbocycles. The fourth-order valence-electron chi connectivity index (χ4n) is 1.51. The van der Waals surface area contributed by atoms with Crippen LogP contribution >= 0.6 is 0 Å². The Bertz CT molecular complexity index is 575. The van der Waals surface area contributed by atoms with E-state index in [0.29, 0.717) is 17.7 Å². The molecule has 0 radical (unpaired) electrons. The summed E-state index contributed by atoms with van der Waals surface area (Å²) in [6.07, 6.45) is 2.98. The number of aromatic nitrogens is 2. The van der Waals surface area contributed by atoms with Crippen LogP contribution in [-0.2, 0) is 6.54 Å². The molecule has 2 aromatic rings. The highest BCUT2D eigenvalue weighted by Gasteiger charge is 2.06. The Balaban J connectivity index is 1.95. The van der Waals surface area contributed by atoms with Gasteiger partial charge in [-0.05, 0) is 5.56 Å². The van der Waals surface area contributed by atoms with Crippen molar-refractivity contribution < 1.29 is 10.0 Å². The second kappa shape index (κ2) is 5.67. The highest BCUT2D eigenvalue weighted by Crippen LogP contribution is 2.04. The van der Waals surface area contributed by atoms with Crippen molar-refractivity contribution in [1.29, 1.82) is 0 Å². The van der Waals surface area contributed by atoms with Crippen molar-refractivity contribution in [1.82, 2.24) is 15.5 Å². The van der Waals surface area contributed by atoms with E-state index in [-0.39, 0.29) is 11.7 Å². The van der Waals surface area contributed by atoms with E-state index < -0.39 is 0 Å². The predicted octanol–water partition coefficient (Wildman–Crippen LogP) is 0.434. The van der Waals surface area contributed by atoms with Gasteiger partial charge >= 0.3 is 0 Å². The van der Waals surface area contributed by atoms with Gasteiger partial charge < -0.3 is 16.3 Å². The SMILES string of the molecule is NC(=NO)c1ccc(CNC(=O)c2cn[nH]c2)cc1. The third kappa shape index (κ3) is 3.09. The van der Waals surface area contributed by atoms with Crippen LogP contribution in [0.25, 0.3) is 0 Å². The van der Waals surface area contributed by atoms with Crippen molar-refractivity contribution in [3.8, 4) is 0 Å². The van der Waals surface area contributed by atoms with Crippen molar-refractivity contribution in [3.05, 3.63) is 53.3 Å². The smallest absolute Gasteiger partial charge is 0.254 e. The average Bonchev–Trinajstić information content (AvgIpc) is 2.98. The van der Waals surface area contributed by atoms with Crippen molar-refractivity contribution in [3.63, 3.8) is 0 Å². The number of amidine groups is 1. The topological polar surface area (TPSA) is 116 Å². The summed E-state index contributed by atoms with van der Waals surface area (Å²) in [6.45, 7) is 0.389. The minimum atomic E-state index is -0.200. The molecular formula is C12H13N5O2. The number of H-pyrrole nitrogens is 1. The summed E-state index contributed by atoms with van der Waals surface area (Å²) in [4.78, 5) is 11.7. The number of carbonyl (C=O) groups excluding carboxylic acids is 1. The van der Waals surface area contributed by atoms with Gasteiger partial charge in [-0.15, -0.1) is 0 Å². The molecule has 0 aliphatic carbocycles. The number of hydrogen-bond donors (Lipinski definition) is 4. The molecule has 0 aliphatic rings. The maximum absolute atomic E-state index is 11.7. The lowest BCUT2D eigenvalue weighted by atomic mass is 10.1. The van der Waals surface area contributed by atoms with Gasteiger partial charge in [0.15, 0.2) is 5.84 Å². The van der Waals surface area contributed by atoms with E-state index in [1.165, 1.54) is 12.4 Å². The van der Waals surface area contributed by atoms with Gasteiger partial charge in [-0.3, -0.25) is 9.89 Å². The van der Waals surface area contributed by atoms with E-state index >= 15 is 0 Å². The van der Waals surface area contributed by atoms with Gasteiger partial charge in [0.25, 0.3) is 5.91 Å². The van der Waals surface area contributed by atoms with E-state index in [4.69, 9.17) is 10.9 Å². The summed E-state index contributed by atoms with van der Waals surface area (Å²) in [5.74, 6) is -0.150. The Morgan fingerprint density at radius 3 is 2.68 bits per heavy atom. The van der Waals surface area contributed by atoms with E-state index in [2.05, 4.69) is 20.7 Å². The van der Waals surface area contributed by atoms with Crippen molar-refractivity contribution in [2.45, 2.75) is 6.54 Å². The second-order valence-corrected chi connectivity index (χ2v) is 3.85. The first kappa shape index (κ1) is 12.6. The third-order valence-electron chi connectivity index (χ3n) is 2.57. The first-order chi connectivity index (χ1) is 9.20. The highest BCUT2D eigenvalue weighted by molar-refractivity contribution is 5.97. The molecule has 0 bridgehead atoms. The van der Waals surface area contributed by atoms with Crippen molar-refractivity contribution in [2.75, 3.05) is 0 Å². The number of aromatic amines is 1. The third-order valence-corrected chi connectivity index (χ3v) is 2.57. The largest absolute Gasteiger partial charge is 0.409 e. The Morgan fingerprint density at radius 1 is 1.37 bits per heavy atom. The Hall–Kier alpha value is -2.83. The number of nitrogens with zero attached hydrogens (tertiary/aromatic N) is 2. The average molecular weight is 259 g/mol. The fourth-order valence-corrected chi connectivity index (χ4v) is 1.51. The Morgan fingerprint density at radius 2 is 2.11 bits per heavy atom. The second-order valence-electron chi connectivity index (χ2n) is 3.85. The van der Waals surface area contributed by atoms with Gasteiger partial charge in [-0.1, -0.05) is 29.4 Å². The summed E-state index contributed by atoms with van der Waals surface area (Å²) < 4.78 is 0. The van der Waals surface area contributed by atoms with Gasteiger partial charge in [0.05, 0.1) is 11.8 Å². The monoisotopic (exact) mass is 259 g/mol. The number of nitrogens with one attached hydrogen (secondary N) is 2. The van der Waals surface area contributed by atoms with Gasteiger partial charge in [-0.2, -0.15) is 5.10 Å². The lowest BCUT2D eigenvalue weighted by molar-refractivity contribution is 0.0951. The minimum Gasteiger partial charge on any atom is -0.409 e. The normalized spacial score (nSPS) is 11.3. The maximum Gasteiger partial charge on any atom is 0.254 e. The molecule has 0 atom stereocenters. The quantitative estimate of drug-likeness (QED) is 0.276. The molecule has 0 unspecified atom stereocenters. The number of rotatable bonds is 4. The number of amides is 1. The van der Waals surface area contributed by atoms with Crippen LogP contribution in [0.1, 0.15) is 21.5 Å². The standard InChI is InChI=1S/C12H13N5O2/c13-11(17-19)9-3-1-8(2-4-9)5-14-12(18)10-6-15-16-7-10/h1-4,6-7,19H,5H2,(H2,13,17)(H,14,18)(H,15,16). The lowest BCUT2D eigenvalue weighted by Crippen LogP contribution is -2.22. The van der Waals surface area contributed by atoms with Crippen molar-refractivity contribution >= 4 is 11.7 Å². The summed E-state index contributed by atoms with van der Waals surface area (Å²) in [5, 5.41) is 20.5. The van der Waals surface area contributed by atoms with Gasteiger partial charge in [0.1, 0.15) is 0 Å². The summed E-state index contributed by atoms with van der Waals surface area (Å²) in [5.41, 5.74) is 7.46. The molecule has 0 spiro atoms. The first-order valence-corrected chi connectivity index (χ1v) is 5.54. The van der Waals surface area contributed by atoms with Crippen LogP contribution in [0.5, 0.6) is 0 Å². The number of oxime groups is 1. The number of benzene rings is 1. The zero-order valence-corrected chi connectivity index (χ0v) is 10.00. The molecule has 5 N–H and O–H groups in total. The first-order valence-electron chi connectivity index (χ1n) is 5.54. The van der Waals surface area contributed by atoms with Crippen LogP contribution in [0.15, 0.2) is 41.8 Å².